The molecule has 2 heterocycles. The van der Waals surface area contributed by atoms with Crippen molar-refractivity contribution in [1.29, 1.82) is 0 Å². The summed E-state index contributed by atoms with van der Waals surface area (Å²) in [7, 11) is 0. The molecule has 2 aromatic carbocycles. The lowest BCUT2D eigenvalue weighted by Gasteiger charge is -2.35. The quantitative estimate of drug-likeness (QED) is 0.599. The first kappa shape index (κ1) is 23.1. The van der Waals surface area contributed by atoms with Gasteiger partial charge >= 0.3 is 6.18 Å². The second-order valence-electron chi connectivity index (χ2n) is 7.70. The molecule has 10 heteroatoms. The van der Waals surface area contributed by atoms with Crippen molar-refractivity contribution in [3.8, 4) is 5.75 Å². The lowest BCUT2D eigenvalue weighted by Crippen LogP contribution is -2.50. The van der Waals surface area contributed by atoms with E-state index in [4.69, 9.17) is 0 Å². The molecule has 0 atom stereocenters. The van der Waals surface area contributed by atoms with Crippen LogP contribution in [0.15, 0.2) is 66.9 Å². The van der Waals surface area contributed by atoms with Crippen molar-refractivity contribution >= 4 is 23.3 Å². The first-order valence-corrected chi connectivity index (χ1v) is 10.5. The summed E-state index contributed by atoms with van der Waals surface area (Å²) in [6.07, 6.45) is -3.05. The van der Waals surface area contributed by atoms with Crippen molar-refractivity contribution in [2.45, 2.75) is 6.18 Å². The van der Waals surface area contributed by atoms with E-state index in [0.29, 0.717) is 0 Å². The lowest BCUT2D eigenvalue weighted by molar-refractivity contribution is -0.137. The Hall–Kier alpha value is -4.08. The molecule has 1 saturated heterocycles. The maximum Gasteiger partial charge on any atom is 0.416 e. The topological polar surface area (TPSA) is 85.8 Å². The monoisotopic (exact) mass is 470 g/mol. The van der Waals surface area contributed by atoms with E-state index in [1.807, 2.05) is 0 Å². The van der Waals surface area contributed by atoms with Crippen LogP contribution in [0.2, 0.25) is 0 Å². The van der Waals surface area contributed by atoms with Gasteiger partial charge in [0.2, 0.25) is 0 Å². The number of alkyl halides is 3. The number of nitrogens with one attached hydrogen (secondary N) is 1. The van der Waals surface area contributed by atoms with E-state index in [9.17, 15) is 27.9 Å². The minimum atomic E-state index is -4.49. The van der Waals surface area contributed by atoms with Crippen LogP contribution in [-0.4, -0.2) is 57.9 Å². The Bertz CT molecular complexity index is 1210. The van der Waals surface area contributed by atoms with Gasteiger partial charge in [-0.25, -0.2) is 4.98 Å². The number of phenols is 1. The van der Waals surface area contributed by atoms with E-state index in [1.165, 1.54) is 30.5 Å². The van der Waals surface area contributed by atoms with E-state index in [0.717, 1.165) is 12.1 Å². The number of aromatic hydroxyl groups is 1. The number of hydrogen-bond donors (Lipinski definition) is 2. The third kappa shape index (κ3) is 4.95. The van der Waals surface area contributed by atoms with Gasteiger partial charge in [0.25, 0.3) is 11.8 Å². The zero-order valence-corrected chi connectivity index (χ0v) is 17.9. The summed E-state index contributed by atoms with van der Waals surface area (Å²) < 4.78 is 39.1. The SMILES string of the molecule is O=C(c1ccccc1O)N1CCN(C(=O)c2cccnc2Nc2cccc(C(F)(F)F)c2)CC1. The number of piperazine rings is 1. The molecule has 2 amide bonds. The number of phenolic OH excluding ortho intramolecular Hbond substituents is 1. The van der Waals surface area contributed by atoms with Crippen LogP contribution in [0.25, 0.3) is 0 Å². The van der Waals surface area contributed by atoms with Crippen molar-refractivity contribution in [2.75, 3.05) is 31.5 Å². The Kier molecular flexibility index (Phi) is 6.40. The molecule has 0 bridgehead atoms. The molecule has 7 nitrogen and oxygen atoms in total. The number of carbonyl (C=O) groups excluding carboxylic acids is 2. The number of anilines is 2. The van der Waals surface area contributed by atoms with Crippen molar-refractivity contribution in [1.82, 2.24) is 14.8 Å². The summed E-state index contributed by atoms with van der Waals surface area (Å²) in [6, 6.07) is 14.0. The van der Waals surface area contributed by atoms with Crippen LogP contribution in [0.5, 0.6) is 5.75 Å². The van der Waals surface area contributed by atoms with Crippen LogP contribution >= 0.6 is 0 Å². The minimum absolute atomic E-state index is 0.105. The first-order chi connectivity index (χ1) is 16.2. The first-order valence-electron chi connectivity index (χ1n) is 10.5. The lowest BCUT2D eigenvalue weighted by atomic mass is 10.1. The zero-order valence-electron chi connectivity index (χ0n) is 17.9. The number of aromatic nitrogens is 1. The molecule has 4 rings (SSSR count). The molecule has 1 fully saturated rings. The van der Waals surface area contributed by atoms with Crippen LogP contribution in [0.3, 0.4) is 0 Å². The summed E-state index contributed by atoms with van der Waals surface area (Å²) in [5, 5.41) is 12.7. The molecule has 0 saturated carbocycles. The molecule has 1 aliphatic heterocycles. The predicted octanol–water partition coefficient (Wildman–Crippen LogP) is 4.15. The highest BCUT2D eigenvalue weighted by molar-refractivity contribution is 6.00. The number of pyridine rings is 1. The fraction of sp³-hybridized carbons (Fsp3) is 0.208. The molecule has 2 N–H and O–H groups in total. The molecule has 0 unspecified atom stereocenters. The van der Waals surface area contributed by atoms with Crippen LogP contribution in [0.4, 0.5) is 24.7 Å². The van der Waals surface area contributed by atoms with Gasteiger partial charge in [0.1, 0.15) is 11.6 Å². The zero-order chi connectivity index (χ0) is 24.3. The average molecular weight is 470 g/mol. The summed E-state index contributed by atoms with van der Waals surface area (Å²) in [5.74, 6) is -0.637. The van der Waals surface area contributed by atoms with Gasteiger partial charge in [-0.15, -0.1) is 0 Å². The second kappa shape index (κ2) is 9.42. The van der Waals surface area contributed by atoms with Crippen molar-refractivity contribution in [2.24, 2.45) is 0 Å². The van der Waals surface area contributed by atoms with E-state index >= 15 is 0 Å². The maximum atomic E-state index is 13.2. The van der Waals surface area contributed by atoms with Crippen LogP contribution in [-0.2, 0) is 6.18 Å². The maximum absolute atomic E-state index is 13.2. The summed E-state index contributed by atoms with van der Waals surface area (Å²) >= 11 is 0. The Morgan fingerprint density at radius 3 is 2.12 bits per heavy atom. The molecule has 0 radical (unpaired) electrons. The van der Waals surface area contributed by atoms with Crippen LogP contribution in [0.1, 0.15) is 26.3 Å². The van der Waals surface area contributed by atoms with Gasteiger partial charge < -0.3 is 20.2 Å². The van der Waals surface area contributed by atoms with Gasteiger partial charge in [0.15, 0.2) is 0 Å². The molecule has 0 aliphatic carbocycles. The highest BCUT2D eigenvalue weighted by Gasteiger charge is 2.31. The summed E-state index contributed by atoms with van der Waals surface area (Å²) in [5.41, 5.74) is -0.255. The largest absolute Gasteiger partial charge is 0.507 e. The molecule has 34 heavy (non-hydrogen) atoms. The molecule has 176 valence electrons. The third-order valence-corrected chi connectivity index (χ3v) is 5.48. The van der Waals surface area contributed by atoms with E-state index in [1.54, 1.807) is 34.1 Å². The Labute approximate surface area is 193 Å². The number of benzene rings is 2. The van der Waals surface area contributed by atoms with Gasteiger partial charge in [-0.3, -0.25) is 9.59 Å². The Morgan fingerprint density at radius 1 is 0.853 bits per heavy atom. The van der Waals surface area contributed by atoms with Gasteiger partial charge in [0, 0.05) is 38.1 Å². The second-order valence-corrected chi connectivity index (χ2v) is 7.70. The number of amides is 2. The molecular weight excluding hydrogens is 449 g/mol. The van der Waals surface area contributed by atoms with Crippen LogP contribution in [0, 0.1) is 0 Å². The number of hydrogen-bond acceptors (Lipinski definition) is 5. The van der Waals surface area contributed by atoms with Crippen molar-refractivity contribution in [3.63, 3.8) is 0 Å². The van der Waals surface area contributed by atoms with Crippen LogP contribution < -0.4 is 5.32 Å². The number of carbonyl (C=O) groups is 2. The fourth-order valence-electron chi connectivity index (χ4n) is 3.70. The number of nitrogens with zero attached hydrogens (tertiary/aromatic N) is 3. The van der Waals surface area contributed by atoms with Gasteiger partial charge in [0.05, 0.1) is 16.7 Å². The molecule has 3 aromatic rings. The molecular formula is C24H21F3N4O3. The third-order valence-electron chi connectivity index (χ3n) is 5.48. The average Bonchev–Trinajstić information content (AvgIpc) is 2.84. The van der Waals surface area contributed by atoms with Gasteiger partial charge in [-0.1, -0.05) is 18.2 Å². The highest BCUT2D eigenvalue weighted by atomic mass is 19.4. The highest BCUT2D eigenvalue weighted by Crippen LogP contribution is 2.31. The number of halogens is 3. The fourth-order valence-corrected chi connectivity index (χ4v) is 3.70. The van der Waals surface area contributed by atoms with E-state index in [-0.39, 0.29) is 66.4 Å². The Balaban J connectivity index is 1.46. The minimum Gasteiger partial charge on any atom is -0.507 e. The normalized spacial score (nSPS) is 14.1. The van der Waals surface area contributed by atoms with Gasteiger partial charge in [-0.05, 0) is 42.5 Å². The molecule has 1 aromatic heterocycles. The van der Waals surface area contributed by atoms with E-state index in [2.05, 4.69) is 10.3 Å². The predicted molar refractivity (Wildman–Crippen MR) is 119 cm³/mol. The Morgan fingerprint density at radius 2 is 1.47 bits per heavy atom. The van der Waals surface area contributed by atoms with Gasteiger partial charge in [-0.2, -0.15) is 13.2 Å². The molecule has 0 spiro atoms. The number of para-hydroxylation sites is 1. The number of rotatable bonds is 4. The summed E-state index contributed by atoms with van der Waals surface area (Å²) in [6.45, 7) is 1.07. The van der Waals surface area contributed by atoms with Crippen molar-refractivity contribution in [3.05, 3.63) is 83.6 Å². The smallest absolute Gasteiger partial charge is 0.416 e. The van der Waals surface area contributed by atoms with E-state index < -0.39 is 11.7 Å². The van der Waals surface area contributed by atoms with Crippen molar-refractivity contribution < 1.29 is 27.9 Å². The standard InChI is InChI=1S/C24H21F3N4O3/c25-24(26,27)16-5-3-6-17(15-16)29-21-19(8-4-10-28-21)23(34)31-13-11-30(12-14-31)22(33)18-7-1-2-9-20(18)32/h1-10,15,32H,11-14H2,(H,28,29). The summed E-state index contributed by atoms with van der Waals surface area (Å²) in [4.78, 5) is 33.1. The molecule has 1 aliphatic rings.